The Morgan fingerprint density at radius 1 is 1.25 bits per heavy atom. The monoisotopic (exact) mass is 428 g/mol. The van der Waals surface area contributed by atoms with Crippen molar-refractivity contribution in [1.29, 1.82) is 0 Å². The third kappa shape index (κ3) is 7.09. The molecule has 28 heavy (non-hydrogen) atoms. The number of nitrogens with two attached hydrogens (primary N) is 1. The Labute approximate surface area is 179 Å². The van der Waals surface area contributed by atoms with E-state index in [9.17, 15) is 4.79 Å². The molecular weight excluding hydrogens is 399 g/mol. The number of hydrogen-bond acceptors (Lipinski definition) is 4. The van der Waals surface area contributed by atoms with E-state index in [0.29, 0.717) is 19.8 Å². The Morgan fingerprint density at radius 2 is 1.96 bits per heavy atom. The summed E-state index contributed by atoms with van der Waals surface area (Å²) in [5, 5.41) is 2.94. The van der Waals surface area contributed by atoms with Gasteiger partial charge in [0, 0.05) is 32.2 Å². The number of amides is 1. The molecule has 6 nitrogen and oxygen atoms in total. The summed E-state index contributed by atoms with van der Waals surface area (Å²) < 4.78 is 7.43. The summed E-state index contributed by atoms with van der Waals surface area (Å²) in [5.74, 6) is 0.968. The standard InChI is InChI=1S/C20H28N4O2.2ClH/c21-19(17-8-13-26-14-9-17)20(25)23-15-18-22-10-12-24(18)11-4-7-16-5-2-1-3-6-16;;/h1-3,5-6,10,12,17,19H,4,7-9,11,13-15,21H2,(H,23,25);2*1H. The van der Waals surface area contributed by atoms with E-state index in [1.165, 1.54) is 5.56 Å². The number of benzene rings is 1. The van der Waals surface area contributed by atoms with E-state index in [1.807, 2.05) is 12.3 Å². The number of nitrogens with zero attached hydrogens (tertiary/aromatic N) is 2. The molecule has 0 aliphatic carbocycles. The highest BCUT2D eigenvalue weighted by molar-refractivity contribution is 5.85. The molecule has 3 rings (SSSR count). The zero-order valence-corrected chi connectivity index (χ0v) is 17.6. The van der Waals surface area contributed by atoms with E-state index in [1.54, 1.807) is 6.20 Å². The molecule has 0 spiro atoms. The molecule has 1 unspecified atom stereocenters. The highest BCUT2D eigenvalue weighted by atomic mass is 35.5. The van der Waals surface area contributed by atoms with Crippen molar-refractivity contribution in [3.8, 4) is 0 Å². The van der Waals surface area contributed by atoms with Gasteiger partial charge in [0.15, 0.2) is 0 Å². The first kappa shape index (κ1) is 24.4. The number of ether oxygens (including phenoxy) is 1. The molecule has 1 amide bonds. The smallest absolute Gasteiger partial charge is 0.237 e. The van der Waals surface area contributed by atoms with Crippen LogP contribution in [0.5, 0.6) is 0 Å². The minimum atomic E-state index is -0.472. The summed E-state index contributed by atoms with van der Waals surface area (Å²) >= 11 is 0. The van der Waals surface area contributed by atoms with Gasteiger partial charge < -0.3 is 20.4 Å². The van der Waals surface area contributed by atoms with Crippen LogP contribution in [0.4, 0.5) is 0 Å². The van der Waals surface area contributed by atoms with Crippen molar-refractivity contribution in [2.75, 3.05) is 13.2 Å². The number of aryl methyl sites for hydroxylation is 2. The lowest BCUT2D eigenvalue weighted by atomic mass is 9.92. The van der Waals surface area contributed by atoms with E-state index in [2.05, 4.69) is 39.1 Å². The highest BCUT2D eigenvalue weighted by Gasteiger charge is 2.26. The van der Waals surface area contributed by atoms with Crippen LogP contribution < -0.4 is 11.1 Å². The predicted molar refractivity (Wildman–Crippen MR) is 115 cm³/mol. The van der Waals surface area contributed by atoms with Crippen LogP contribution in [0.25, 0.3) is 0 Å². The molecule has 156 valence electrons. The van der Waals surface area contributed by atoms with Gasteiger partial charge in [-0.2, -0.15) is 0 Å². The van der Waals surface area contributed by atoms with E-state index in [-0.39, 0.29) is 36.6 Å². The van der Waals surface area contributed by atoms with Crippen molar-refractivity contribution < 1.29 is 9.53 Å². The summed E-state index contributed by atoms with van der Waals surface area (Å²) in [6, 6.07) is 9.98. The number of aromatic nitrogens is 2. The summed E-state index contributed by atoms with van der Waals surface area (Å²) in [7, 11) is 0. The first-order chi connectivity index (χ1) is 12.7. The summed E-state index contributed by atoms with van der Waals surface area (Å²) in [6.07, 6.45) is 7.50. The first-order valence-corrected chi connectivity index (χ1v) is 9.39. The van der Waals surface area contributed by atoms with Crippen LogP contribution in [0.3, 0.4) is 0 Å². The van der Waals surface area contributed by atoms with Crippen LogP contribution in [0.1, 0.15) is 30.7 Å². The number of rotatable bonds is 8. The van der Waals surface area contributed by atoms with Gasteiger partial charge in [0.1, 0.15) is 5.82 Å². The minimum absolute atomic E-state index is 0. The second kappa shape index (κ2) is 12.8. The number of nitrogens with one attached hydrogen (secondary N) is 1. The Morgan fingerprint density at radius 3 is 2.68 bits per heavy atom. The predicted octanol–water partition coefficient (Wildman–Crippen LogP) is 2.73. The molecule has 1 aromatic carbocycles. The molecule has 0 saturated carbocycles. The van der Waals surface area contributed by atoms with Crippen LogP contribution in [0.2, 0.25) is 0 Å². The lowest BCUT2D eigenvalue weighted by molar-refractivity contribution is -0.124. The lowest BCUT2D eigenvalue weighted by Crippen LogP contribution is -2.47. The molecule has 2 heterocycles. The summed E-state index contributed by atoms with van der Waals surface area (Å²) in [4.78, 5) is 16.7. The fourth-order valence-electron chi connectivity index (χ4n) is 3.38. The topological polar surface area (TPSA) is 82.2 Å². The van der Waals surface area contributed by atoms with Gasteiger partial charge >= 0.3 is 0 Å². The van der Waals surface area contributed by atoms with Gasteiger partial charge in [-0.05, 0) is 37.2 Å². The molecular formula is C20H30Cl2N4O2. The maximum Gasteiger partial charge on any atom is 0.237 e. The maximum absolute atomic E-state index is 12.3. The molecule has 2 aromatic rings. The number of imidazole rings is 1. The fraction of sp³-hybridized carbons (Fsp3) is 0.500. The van der Waals surface area contributed by atoms with E-state index >= 15 is 0 Å². The highest BCUT2D eigenvalue weighted by Crippen LogP contribution is 2.17. The van der Waals surface area contributed by atoms with Gasteiger partial charge in [-0.3, -0.25) is 4.79 Å². The second-order valence-corrected chi connectivity index (χ2v) is 6.82. The zero-order chi connectivity index (χ0) is 18.2. The molecule has 3 N–H and O–H groups in total. The summed E-state index contributed by atoms with van der Waals surface area (Å²) in [6.45, 7) is 2.68. The average Bonchev–Trinajstić information content (AvgIpc) is 3.14. The molecule has 0 bridgehead atoms. The number of carbonyl (C=O) groups excluding carboxylic acids is 1. The second-order valence-electron chi connectivity index (χ2n) is 6.82. The van der Waals surface area contributed by atoms with Crippen molar-refractivity contribution >= 4 is 30.7 Å². The van der Waals surface area contributed by atoms with Crippen molar-refractivity contribution in [2.24, 2.45) is 11.7 Å². The van der Waals surface area contributed by atoms with Crippen LogP contribution in [0.15, 0.2) is 42.7 Å². The van der Waals surface area contributed by atoms with Gasteiger partial charge in [0.2, 0.25) is 5.91 Å². The van der Waals surface area contributed by atoms with E-state index < -0.39 is 6.04 Å². The fourth-order valence-corrected chi connectivity index (χ4v) is 3.38. The number of halogens is 2. The van der Waals surface area contributed by atoms with Crippen molar-refractivity contribution in [3.63, 3.8) is 0 Å². The Kier molecular flexibility index (Phi) is 11.2. The molecule has 1 aliphatic rings. The van der Waals surface area contributed by atoms with Crippen molar-refractivity contribution in [2.45, 2.75) is 44.8 Å². The van der Waals surface area contributed by atoms with E-state index in [0.717, 1.165) is 38.1 Å². The molecule has 0 radical (unpaired) electrons. The third-order valence-corrected chi connectivity index (χ3v) is 5.01. The zero-order valence-electron chi connectivity index (χ0n) is 16.0. The molecule has 1 aliphatic heterocycles. The molecule has 1 aromatic heterocycles. The SMILES string of the molecule is Cl.Cl.NC(C(=O)NCc1nccn1CCCc1ccccc1)C1CCOCC1. The van der Waals surface area contributed by atoms with Gasteiger partial charge in [0.25, 0.3) is 0 Å². The molecule has 1 fully saturated rings. The van der Waals surface area contributed by atoms with Gasteiger partial charge in [0.05, 0.1) is 12.6 Å². The van der Waals surface area contributed by atoms with Crippen molar-refractivity contribution in [1.82, 2.24) is 14.9 Å². The number of carbonyl (C=O) groups is 1. The number of hydrogen-bond donors (Lipinski definition) is 2. The van der Waals surface area contributed by atoms with Crippen LogP contribution in [-0.2, 0) is 29.0 Å². The largest absolute Gasteiger partial charge is 0.381 e. The average molecular weight is 429 g/mol. The normalized spacial score (nSPS) is 15.2. The van der Waals surface area contributed by atoms with Crippen LogP contribution in [-0.4, -0.2) is 34.7 Å². The summed E-state index contributed by atoms with van der Waals surface area (Å²) in [5.41, 5.74) is 7.46. The van der Waals surface area contributed by atoms with Gasteiger partial charge in [-0.1, -0.05) is 30.3 Å². The molecule has 1 atom stereocenters. The minimum Gasteiger partial charge on any atom is -0.381 e. The van der Waals surface area contributed by atoms with Crippen LogP contribution >= 0.6 is 24.8 Å². The quantitative estimate of drug-likeness (QED) is 0.676. The van der Waals surface area contributed by atoms with Crippen LogP contribution in [0, 0.1) is 5.92 Å². The Bertz CT molecular complexity index is 691. The Balaban J connectivity index is 0.00000196. The molecule has 8 heteroatoms. The third-order valence-electron chi connectivity index (χ3n) is 5.01. The first-order valence-electron chi connectivity index (χ1n) is 9.39. The lowest BCUT2D eigenvalue weighted by Gasteiger charge is -2.26. The van der Waals surface area contributed by atoms with E-state index in [4.69, 9.17) is 10.5 Å². The molecule has 1 saturated heterocycles. The van der Waals surface area contributed by atoms with Crippen molar-refractivity contribution in [3.05, 3.63) is 54.1 Å². The maximum atomic E-state index is 12.3. The van der Waals surface area contributed by atoms with Gasteiger partial charge in [-0.25, -0.2) is 4.98 Å². The Hall–Kier alpha value is -1.60. The van der Waals surface area contributed by atoms with Gasteiger partial charge in [-0.15, -0.1) is 24.8 Å².